The number of benzene rings is 2. The predicted molar refractivity (Wildman–Crippen MR) is 74.3 cm³/mol. The second-order valence-electron chi connectivity index (χ2n) is 4.18. The molecule has 1 amide bonds. The molecular formula is C15H15FN2O. The standard InChI is InChI=1S/C15H15FN2O/c1-2-18-15(19)13-7-6-11(9-14(13)16)10-4-3-5-12(17)8-10/h3-9H,2,17H2,1H3,(H,18,19). The zero-order valence-electron chi connectivity index (χ0n) is 10.6. The Morgan fingerprint density at radius 1 is 1.21 bits per heavy atom. The van der Waals surface area contributed by atoms with Crippen molar-refractivity contribution in [2.24, 2.45) is 0 Å². The summed E-state index contributed by atoms with van der Waals surface area (Å²) in [5, 5.41) is 2.57. The molecule has 98 valence electrons. The van der Waals surface area contributed by atoms with Crippen LogP contribution >= 0.6 is 0 Å². The summed E-state index contributed by atoms with van der Waals surface area (Å²) in [6.45, 7) is 2.26. The van der Waals surface area contributed by atoms with Crippen LogP contribution in [-0.2, 0) is 0 Å². The number of halogens is 1. The molecule has 0 fully saturated rings. The van der Waals surface area contributed by atoms with Gasteiger partial charge in [0, 0.05) is 12.2 Å². The molecule has 3 N–H and O–H groups in total. The average molecular weight is 258 g/mol. The highest BCUT2D eigenvalue weighted by Crippen LogP contribution is 2.23. The van der Waals surface area contributed by atoms with E-state index < -0.39 is 11.7 Å². The van der Waals surface area contributed by atoms with Gasteiger partial charge in [0.1, 0.15) is 5.82 Å². The Morgan fingerprint density at radius 3 is 2.58 bits per heavy atom. The summed E-state index contributed by atoms with van der Waals surface area (Å²) in [7, 11) is 0. The van der Waals surface area contributed by atoms with Crippen molar-refractivity contribution >= 4 is 11.6 Å². The van der Waals surface area contributed by atoms with Gasteiger partial charge < -0.3 is 11.1 Å². The molecule has 2 rings (SSSR count). The summed E-state index contributed by atoms with van der Waals surface area (Å²) in [5.74, 6) is -0.940. The summed E-state index contributed by atoms with van der Waals surface area (Å²) < 4.78 is 13.9. The molecule has 0 saturated carbocycles. The lowest BCUT2D eigenvalue weighted by Crippen LogP contribution is -2.23. The number of nitrogens with two attached hydrogens (primary N) is 1. The van der Waals surface area contributed by atoms with Crippen LogP contribution in [0.1, 0.15) is 17.3 Å². The maximum atomic E-state index is 13.9. The van der Waals surface area contributed by atoms with E-state index in [0.29, 0.717) is 17.8 Å². The molecule has 19 heavy (non-hydrogen) atoms. The lowest BCUT2D eigenvalue weighted by atomic mass is 10.0. The molecule has 0 bridgehead atoms. The second kappa shape index (κ2) is 5.52. The maximum absolute atomic E-state index is 13.9. The highest BCUT2D eigenvalue weighted by molar-refractivity contribution is 5.95. The van der Waals surface area contributed by atoms with Crippen LogP contribution in [0.4, 0.5) is 10.1 Å². The van der Waals surface area contributed by atoms with Gasteiger partial charge >= 0.3 is 0 Å². The summed E-state index contributed by atoms with van der Waals surface area (Å²) in [6.07, 6.45) is 0. The van der Waals surface area contributed by atoms with Crippen molar-refractivity contribution in [3.05, 3.63) is 53.8 Å². The number of rotatable bonds is 3. The van der Waals surface area contributed by atoms with Crippen molar-refractivity contribution < 1.29 is 9.18 Å². The number of hydrogen-bond donors (Lipinski definition) is 2. The van der Waals surface area contributed by atoms with Gasteiger partial charge in [-0.05, 0) is 42.3 Å². The Morgan fingerprint density at radius 2 is 1.95 bits per heavy atom. The fourth-order valence-corrected chi connectivity index (χ4v) is 1.85. The molecule has 2 aromatic rings. The van der Waals surface area contributed by atoms with E-state index >= 15 is 0 Å². The van der Waals surface area contributed by atoms with Gasteiger partial charge in [-0.25, -0.2) is 4.39 Å². The highest BCUT2D eigenvalue weighted by atomic mass is 19.1. The summed E-state index contributed by atoms with van der Waals surface area (Å²) in [4.78, 5) is 11.6. The molecule has 0 saturated heterocycles. The van der Waals surface area contributed by atoms with Gasteiger partial charge in [-0.3, -0.25) is 4.79 Å². The first-order valence-electron chi connectivity index (χ1n) is 6.05. The smallest absolute Gasteiger partial charge is 0.254 e. The first kappa shape index (κ1) is 13.1. The van der Waals surface area contributed by atoms with Crippen LogP contribution in [0.5, 0.6) is 0 Å². The fraction of sp³-hybridized carbons (Fsp3) is 0.133. The van der Waals surface area contributed by atoms with Crippen molar-refractivity contribution in [1.82, 2.24) is 5.32 Å². The largest absolute Gasteiger partial charge is 0.399 e. The number of hydrogen-bond acceptors (Lipinski definition) is 2. The second-order valence-corrected chi connectivity index (χ2v) is 4.18. The van der Waals surface area contributed by atoms with E-state index in [-0.39, 0.29) is 5.56 Å². The Bertz CT molecular complexity index is 611. The maximum Gasteiger partial charge on any atom is 0.254 e. The lowest BCUT2D eigenvalue weighted by Gasteiger charge is -2.07. The minimum atomic E-state index is -0.536. The Hall–Kier alpha value is -2.36. The van der Waals surface area contributed by atoms with E-state index in [1.165, 1.54) is 12.1 Å². The summed E-state index contributed by atoms with van der Waals surface area (Å²) in [6, 6.07) is 11.7. The van der Waals surface area contributed by atoms with Gasteiger partial charge in [0.15, 0.2) is 0 Å². The molecule has 0 aliphatic carbocycles. The number of carbonyl (C=O) groups excluding carboxylic acids is 1. The quantitative estimate of drug-likeness (QED) is 0.832. The number of nitrogen functional groups attached to an aromatic ring is 1. The van der Waals surface area contributed by atoms with E-state index in [1.807, 2.05) is 6.07 Å². The topological polar surface area (TPSA) is 55.1 Å². The summed E-state index contributed by atoms with van der Waals surface area (Å²) >= 11 is 0. The van der Waals surface area contributed by atoms with Gasteiger partial charge in [-0.1, -0.05) is 18.2 Å². The van der Waals surface area contributed by atoms with Gasteiger partial charge in [-0.2, -0.15) is 0 Å². The van der Waals surface area contributed by atoms with Crippen LogP contribution in [0.25, 0.3) is 11.1 Å². The fourth-order valence-electron chi connectivity index (χ4n) is 1.85. The van der Waals surface area contributed by atoms with Crippen LogP contribution in [0.3, 0.4) is 0 Å². The van der Waals surface area contributed by atoms with E-state index in [0.717, 1.165) is 5.56 Å². The van der Waals surface area contributed by atoms with Gasteiger partial charge in [0.2, 0.25) is 0 Å². The number of nitrogens with one attached hydrogen (secondary N) is 1. The van der Waals surface area contributed by atoms with Crippen molar-refractivity contribution in [1.29, 1.82) is 0 Å². The predicted octanol–water partition coefficient (Wildman–Crippen LogP) is 2.82. The van der Waals surface area contributed by atoms with Gasteiger partial charge in [-0.15, -0.1) is 0 Å². The molecule has 0 unspecified atom stereocenters. The van der Waals surface area contributed by atoms with Gasteiger partial charge in [0.25, 0.3) is 5.91 Å². The van der Waals surface area contributed by atoms with E-state index in [2.05, 4.69) is 5.32 Å². The summed E-state index contributed by atoms with van der Waals surface area (Å²) in [5.41, 5.74) is 7.87. The lowest BCUT2D eigenvalue weighted by molar-refractivity contribution is 0.0952. The Labute approximate surface area is 111 Å². The Kier molecular flexibility index (Phi) is 3.80. The third kappa shape index (κ3) is 2.91. The number of carbonyl (C=O) groups is 1. The van der Waals surface area contributed by atoms with E-state index in [4.69, 9.17) is 5.73 Å². The molecular weight excluding hydrogens is 243 g/mol. The minimum absolute atomic E-state index is 0.0505. The molecule has 2 aromatic carbocycles. The number of anilines is 1. The first-order chi connectivity index (χ1) is 9.11. The normalized spacial score (nSPS) is 10.2. The Balaban J connectivity index is 2.36. The van der Waals surface area contributed by atoms with Crippen molar-refractivity contribution in [2.45, 2.75) is 6.92 Å². The molecule has 0 aromatic heterocycles. The zero-order valence-corrected chi connectivity index (χ0v) is 10.6. The third-order valence-corrected chi connectivity index (χ3v) is 2.77. The van der Waals surface area contributed by atoms with Crippen LogP contribution in [0.15, 0.2) is 42.5 Å². The highest BCUT2D eigenvalue weighted by Gasteiger charge is 2.11. The van der Waals surface area contributed by atoms with E-state index in [1.54, 1.807) is 31.2 Å². The minimum Gasteiger partial charge on any atom is -0.399 e. The van der Waals surface area contributed by atoms with Crippen molar-refractivity contribution in [3.63, 3.8) is 0 Å². The molecule has 0 heterocycles. The monoisotopic (exact) mass is 258 g/mol. The number of amides is 1. The molecule has 0 aliphatic rings. The molecule has 0 aliphatic heterocycles. The van der Waals surface area contributed by atoms with E-state index in [9.17, 15) is 9.18 Å². The van der Waals surface area contributed by atoms with Crippen LogP contribution in [-0.4, -0.2) is 12.5 Å². The van der Waals surface area contributed by atoms with Gasteiger partial charge in [0.05, 0.1) is 5.56 Å². The van der Waals surface area contributed by atoms with Crippen molar-refractivity contribution in [3.8, 4) is 11.1 Å². The molecule has 4 heteroatoms. The van der Waals surface area contributed by atoms with Crippen molar-refractivity contribution in [2.75, 3.05) is 12.3 Å². The molecule has 0 radical (unpaired) electrons. The van der Waals surface area contributed by atoms with Crippen LogP contribution < -0.4 is 11.1 Å². The van der Waals surface area contributed by atoms with Crippen LogP contribution in [0.2, 0.25) is 0 Å². The molecule has 3 nitrogen and oxygen atoms in total. The average Bonchev–Trinajstić information content (AvgIpc) is 2.38. The first-order valence-corrected chi connectivity index (χ1v) is 6.05. The zero-order chi connectivity index (χ0) is 13.8. The molecule has 0 atom stereocenters. The van der Waals surface area contributed by atoms with Crippen LogP contribution in [0, 0.1) is 5.82 Å². The molecule has 0 spiro atoms. The third-order valence-electron chi connectivity index (χ3n) is 2.77. The SMILES string of the molecule is CCNC(=O)c1ccc(-c2cccc(N)c2)cc1F.